The van der Waals surface area contributed by atoms with E-state index in [1.807, 2.05) is 6.92 Å². The highest BCUT2D eigenvalue weighted by Gasteiger charge is 2.19. The molecule has 0 spiro atoms. The average Bonchev–Trinajstić information content (AvgIpc) is 2.85. The monoisotopic (exact) mass is 251 g/mol. The van der Waals surface area contributed by atoms with Crippen molar-refractivity contribution in [2.75, 3.05) is 6.54 Å². The Hall–Kier alpha value is -1.68. The molecule has 1 aromatic heterocycles. The van der Waals surface area contributed by atoms with Crippen LogP contribution in [0.5, 0.6) is 0 Å². The Morgan fingerprint density at radius 1 is 1.28 bits per heavy atom. The van der Waals surface area contributed by atoms with Crippen LogP contribution >= 0.6 is 0 Å². The van der Waals surface area contributed by atoms with E-state index in [0.717, 1.165) is 11.6 Å². The summed E-state index contributed by atoms with van der Waals surface area (Å²) in [5, 5.41) is 3.17. The highest BCUT2D eigenvalue weighted by atomic mass is 19.1. The molecule has 2 rings (SSSR count). The molecule has 2 nitrogen and oxygen atoms in total. The lowest BCUT2D eigenvalue weighted by Crippen LogP contribution is -2.22. The highest BCUT2D eigenvalue weighted by molar-refractivity contribution is 5.34. The quantitative estimate of drug-likeness (QED) is 0.898. The Morgan fingerprint density at radius 2 is 2.06 bits per heavy atom. The minimum atomic E-state index is -0.551. The summed E-state index contributed by atoms with van der Waals surface area (Å²) < 4.78 is 32.2. The molecule has 0 saturated heterocycles. The third kappa shape index (κ3) is 2.43. The summed E-state index contributed by atoms with van der Waals surface area (Å²) in [5.74, 6) is -1.08. The van der Waals surface area contributed by atoms with Crippen molar-refractivity contribution in [1.82, 2.24) is 5.32 Å². The standard InChI is InChI=1S/C14H15F2NO/c1-3-17-14(10-4-5-18-8-10)11-6-9(2)12(15)7-13(11)16/h4-8,14,17H,3H2,1-2H3. The summed E-state index contributed by atoms with van der Waals surface area (Å²) in [5.41, 5.74) is 1.68. The molecule has 0 amide bonds. The number of nitrogens with one attached hydrogen (secondary N) is 1. The number of aryl methyl sites for hydroxylation is 1. The number of furan rings is 1. The largest absolute Gasteiger partial charge is 0.472 e. The van der Waals surface area contributed by atoms with Crippen LogP contribution in [-0.4, -0.2) is 6.54 Å². The fraction of sp³-hybridized carbons (Fsp3) is 0.286. The Bertz CT molecular complexity index is 523. The first-order valence-electron chi connectivity index (χ1n) is 5.84. The number of hydrogen-bond acceptors (Lipinski definition) is 2. The minimum absolute atomic E-state index is 0.326. The third-order valence-electron chi connectivity index (χ3n) is 2.87. The van der Waals surface area contributed by atoms with Crippen molar-refractivity contribution in [2.24, 2.45) is 0 Å². The van der Waals surface area contributed by atoms with Crippen molar-refractivity contribution >= 4 is 0 Å². The van der Waals surface area contributed by atoms with Crippen molar-refractivity contribution in [3.8, 4) is 0 Å². The van der Waals surface area contributed by atoms with Crippen LogP contribution in [0.3, 0.4) is 0 Å². The van der Waals surface area contributed by atoms with E-state index in [9.17, 15) is 8.78 Å². The zero-order chi connectivity index (χ0) is 13.1. The molecule has 4 heteroatoms. The average molecular weight is 251 g/mol. The molecule has 1 aromatic carbocycles. The summed E-state index contributed by atoms with van der Waals surface area (Å²) in [6.45, 7) is 4.23. The second-order valence-electron chi connectivity index (χ2n) is 4.17. The van der Waals surface area contributed by atoms with Crippen LogP contribution in [0.15, 0.2) is 35.1 Å². The summed E-state index contributed by atoms with van der Waals surface area (Å²) in [4.78, 5) is 0. The van der Waals surface area contributed by atoms with Gasteiger partial charge < -0.3 is 9.73 Å². The molecule has 96 valence electrons. The summed E-state index contributed by atoms with van der Waals surface area (Å²) >= 11 is 0. The van der Waals surface area contributed by atoms with Crippen LogP contribution in [0.25, 0.3) is 0 Å². The first kappa shape index (κ1) is 12.8. The zero-order valence-corrected chi connectivity index (χ0v) is 10.3. The van der Waals surface area contributed by atoms with Crippen LogP contribution in [0, 0.1) is 18.6 Å². The number of hydrogen-bond donors (Lipinski definition) is 1. The van der Waals surface area contributed by atoms with Gasteiger partial charge in [0.05, 0.1) is 18.6 Å². The number of rotatable bonds is 4. The lowest BCUT2D eigenvalue weighted by Gasteiger charge is -2.18. The van der Waals surface area contributed by atoms with Gasteiger partial charge in [-0.3, -0.25) is 0 Å². The smallest absolute Gasteiger partial charge is 0.131 e. The van der Waals surface area contributed by atoms with Gasteiger partial charge in [0.25, 0.3) is 0 Å². The summed E-state index contributed by atoms with van der Waals surface area (Å²) in [7, 11) is 0. The van der Waals surface area contributed by atoms with Gasteiger partial charge in [-0.2, -0.15) is 0 Å². The van der Waals surface area contributed by atoms with E-state index in [1.165, 1.54) is 12.3 Å². The topological polar surface area (TPSA) is 25.2 Å². The SMILES string of the molecule is CCNC(c1ccoc1)c1cc(C)c(F)cc1F. The Labute approximate surface area is 105 Å². The molecule has 0 aliphatic heterocycles. The van der Waals surface area contributed by atoms with Gasteiger partial charge in [-0.25, -0.2) is 8.78 Å². The normalized spacial score (nSPS) is 12.7. The Morgan fingerprint density at radius 3 is 2.67 bits per heavy atom. The first-order valence-corrected chi connectivity index (χ1v) is 5.84. The maximum atomic E-state index is 13.9. The van der Waals surface area contributed by atoms with Gasteiger partial charge in [0.1, 0.15) is 11.6 Å². The van der Waals surface area contributed by atoms with E-state index >= 15 is 0 Å². The van der Waals surface area contributed by atoms with Gasteiger partial charge >= 0.3 is 0 Å². The molecule has 1 N–H and O–H groups in total. The molecule has 0 fully saturated rings. The molecule has 2 aromatic rings. The lowest BCUT2D eigenvalue weighted by atomic mass is 9.98. The molecule has 1 unspecified atom stereocenters. The Kier molecular flexibility index (Phi) is 3.77. The van der Waals surface area contributed by atoms with Gasteiger partial charge in [-0.1, -0.05) is 6.92 Å². The predicted molar refractivity (Wildman–Crippen MR) is 65.3 cm³/mol. The van der Waals surface area contributed by atoms with E-state index in [4.69, 9.17) is 4.42 Å². The second-order valence-corrected chi connectivity index (χ2v) is 4.17. The molecule has 0 aliphatic rings. The first-order chi connectivity index (χ1) is 8.63. The van der Waals surface area contributed by atoms with E-state index in [1.54, 1.807) is 19.3 Å². The van der Waals surface area contributed by atoms with E-state index < -0.39 is 11.6 Å². The van der Waals surface area contributed by atoms with Crippen molar-refractivity contribution in [2.45, 2.75) is 19.9 Å². The van der Waals surface area contributed by atoms with Gasteiger partial charge in [-0.15, -0.1) is 0 Å². The fourth-order valence-electron chi connectivity index (χ4n) is 1.95. The predicted octanol–water partition coefficient (Wildman–Crippen LogP) is 3.57. The molecular formula is C14H15F2NO. The molecule has 0 radical (unpaired) electrons. The van der Waals surface area contributed by atoms with Crippen LogP contribution in [0.4, 0.5) is 8.78 Å². The second kappa shape index (κ2) is 5.31. The highest BCUT2D eigenvalue weighted by Crippen LogP contribution is 2.26. The molecule has 0 bridgehead atoms. The van der Waals surface area contributed by atoms with Crippen molar-refractivity contribution in [3.05, 3.63) is 59.1 Å². The fourth-order valence-corrected chi connectivity index (χ4v) is 1.95. The molecule has 0 aliphatic carbocycles. The van der Waals surface area contributed by atoms with Gasteiger partial charge in [0, 0.05) is 17.2 Å². The zero-order valence-electron chi connectivity index (χ0n) is 10.3. The van der Waals surface area contributed by atoms with Crippen LogP contribution < -0.4 is 5.32 Å². The summed E-state index contributed by atoms with van der Waals surface area (Å²) in [6.07, 6.45) is 3.10. The molecular weight excluding hydrogens is 236 g/mol. The van der Waals surface area contributed by atoms with Crippen LogP contribution in [0.1, 0.15) is 29.7 Å². The van der Waals surface area contributed by atoms with Crippen molar-refractivity contribution < 1.29 is 13.2 Å². The molecule has 1 atom stereocenters. The minimum Gasteiger partial charge on any atom is -0.472 e. The molecule has 0 saturated carbocycles. The van der Waals surface area contributed by atoms with E-state index in [-0.39, 0.29) is 6.04 Å². The van der Waals surface area contributed by atoms with Gasteiger partial charge in [-0.05, 0) is 31.2 Å². The molecule has 1 heterocycles. The maximum Gasteiger partial charge on any atom is 0.131 e. The van der Waals surface area contributed by atoms with Gasteiger partial charge in [0.15, 0.2) is 0 Å². The summed E-state index contributed by atoms with van der Waals surface area (Å²) in [6, 6.07) is 3.90. The van der Waals surface area contributed by atoms with Crippen LogP contribution in [-0.2, 0) is 0 Å². The van der Waals surface area contributed by atoms with E-state index in [2.05, 4.69) is 5.32 Å². The van der Waals surface area contributed by atoms with E-state index in [0.29, 0.717) is 17.7 Å². The molecule has 18 heavy (non-hydrogen) atoms. The van der Waals surface area contributed by atoms with Crippen molar-refractivity contribution in [3.63, 3.8) is 0 Å². The maximum absolute atomic E-state index is 13.9. The number of benzene rings is 1. The van der Waals surface area contributed by atoms with Crippen LogP contribution in [0.2, 0.25) is 0 Å². The Balaban J connectivity index is 2.46. The number of halogens is 2. The third-order valence-corrected chi connectivity index (χ3v) is 2.87. The van der Waals surface area contributed by atoms with Crippen molar-refractivity contribution in [1.29, 1.82) is 0 Å². The van der Waals surface area contributed by atoms with Gasteiger partial charge in [0.2, 0.25) is 0 Å². The lowest BCUT2D eigenvalue weighted by molar-refractivity contribution is 0.527.